The highest BCUT2D eigenvalue weighted by atomic mass is 16.2. The first-order valence-corrected chi connectivity index (χ1v) is 8.40. The van der Waals surface area contributed by atoms with Crippen molar-refractivity contribution >= 4 is 11.9 Å². The van der Waals surface area contributed by atoms with Crippen LogP contribution in [0.1, 0.15) is 44.9 Å². The highest BCUT2D eigenvalue weighted by molar-refractivity contribution is 5.85. The number of guanidine groups is 1. The zero-order valence-electron chi connectivity index (χ0n) is 13.6. The lowest BCUT2D eigenvalue weighted by molar-refractivity contribution is -0.127. The number of hydrogen-bond acceptors (Lipinski definition) is 2. The normalized spacial score (nSPS) is 20.7. The first-order valence-electron chi connectivity index (χ1n) is 8.40. The molecule has 1 N–H and O–H groups in total. The van der Waals surface area contributed by atoms with Crippen LogP contribution in [0.4, 0.5) is 0 Å². The summed E-state index contributed by atoms with van der Waals surface area (Å²) in [6.07, 6.45) is 9.23. The van der Waals surface area contributed by atoms with Gasteiger partial charge in [-0.15, -0.1) is 0 Å². The van der Waals surface area contributed by atoms with Gasteiger partial charge in [-0.3, -0.25) is 4.79 Å². The average Bonchev–Trinajstić information content (AvgIpc) is 3.02. The molecule has 1 saturated heterocycles. The van der Waals surface area contributed by atoms with Gasteiger partial charge < -0.3 is 15.1 Å². The minimum Gasteiger partial charge on any atom is -0.356 e. The van der Waals surface area contributed by atoms with Crippen LogP contribution in [0.5, 0.6) is 0 Å². The number of nitrogens with one attached hydrogen (secondary N) is 1. The molecule has 0 aromatic heterocycles. The highest BCUT2D eigenvalue weighted by Gasteiger charge is 2.19. The van der Waals surface area contributed by atoms with E-state index < -0.39 is 0 Å². The van der Waals surface area contributed by atoms with E-state index in [0.717, 1.165) is 31.5 Å². The van der Waals surface area contributed by atoms with Crippen molar-refractivity contribution in [1.82, 2.24) is 15.1 Å². The zero-order chi connectivity index (χ0) is 15.1. The Morgan fingerprint density at radius 2 is 1.81 bits per heavy atom. The summed E-state index contributed by atoms with van der Waals surface area (Å²) < 4.78 is 0. The Hall–Kier alpha value is -1.26. The van der Waals surface area contributed by atoms with Gasteiger partial charge in [0.15, 0.2) is 5.96 Å². The van der Waals surface area contributed by atoms with E-state index in [2.05, 4.69) is 15.2 Å². The predicted octanol–water partition coefficient (Wildman–Crippen LogP) is 1.70. The molecule has 2 aliphatic rings. The van der Waals surface area contributed by atoms with Gasteiger partial charge in [-0.2, -0.15) is 0 Å². The first kappa shape index (κ1) is 16.1. The van der Waals surface area contributed by atoms with E-state index in [1.165, 1.54) is 44.9 Å². The third-order valence-corrected chi connectivity index (χ3v) is 4.54. The molecule has 0 bridgehead atoms. The molecular weight excluding hydrogens is 264 g/mol. The molecule has 0 spiro atoms. The summed E-state index contributed by atoms with van der Waals surface area (Å²) in [5.74, 6) is 1.77. The van der Waals surface area contributed by atoms with Gasteiger partial charge in [0.05, 0.1) is 0 Å². The summed E-state index contributed by atoms with van der Waals surface area (Å²) in [5, 5.41) is 3.53. The largest absolute Gasteiger partial charge is 0.356 e. The average molecular weight is 294 g/mol. The number of aliphatic imine (C=N–C) groups is 1. The number of carbonyl (C=O) groups excluding carboxylic acids is 1. The van der Waals surface area contributed by atoms with E-state index in [-0.39, 0.29) is 12.5 Å². The van der Waals surface area contributed by atoms with Gasteiger partial charge in [0.1, 0.15) is 6.54 Å². The Labute approximate surface area is 128 Å². The maximum atomic E-state index is 11.7. The summed E-state index contributed by atoms with van der Waals surface area (Å²) in [5.41, 5.74) is 0. The molecule has 5 heteroatoms. The Morgan fingerprint density at radius 3 is 2.43 bits per heavy atom. The van der Waals surface area contributed by atoms with E-state index in [4.69, 9.17) is 0 Å². The van der Waals surface area contributed by atoms with Gasteiger partial charge in [0, 0.05) is 33.7 Å². The van der Waals surface area contributed by atoms with Gasteiger partial charge in [0.2, 0.25) is 5.91 Å². The van der Waals surface area contributed by atoms with Crippen molar-refractivity contribution in [2.24, 2.45) is 10.9 Å². The first-order chi connectivity index (χ1) is 10.2. The van der Waals surface area contributed by atoms with E-state index >= 15 is 0 Å². The van der Waals surface area contributed by atoms with Crippen LogP contribution in [0, 0.1) is 5.92 Å². The molecule has 1 aliphatic heterocycles. The molecule has 0 aromatic carbocycles. The fourth-order valence-corrected chi connectivity index (χ4v) is 3.11. The molecule has 1 aliphatic carbocycles. The number of rotatable bonds is 4. The van der Waals surface area contributed by atoms with E-state index in [1.54, 1.807) is 19.0 Å². The number of likely N-dealkylation sites (tertiary alicyclic amines) is 1. The monoisotopic (exact) mass is 294 g/mol. The third-order valence-electron chi connectivity index (χ3n) is 4.54. The molecule has 120 valence electrons. The van der Waals surface area contributed by atoms with Crippen LogP contribution in [0.2, 0.25) is 0 Å². The van der Waals surface area contributed by atoms with Crippen molar-refractivity contribution in [3.8, 4) is 0 Å². The molecule has 0 aromatic rings. The second-order valence-electron chi connectivity index (χ2n) is 6.51. The number of carbonyl (C=O) groups is 1. The van der Waals surface area contributed by atoms with Crippen LogP contribution in [0.3, 0.4) is 0 Å². The number of likely N-dealkylation sites (N-methyl/N-ethyl adjacent to an activating group) is 1. The van der Waals surface area contributed by atoms with Crippen LogP contribution in [-0.4, -0.2) is 61.9 Å². The SMILES string of the molecule is CN(C)C(=O)CN=C(NCC1CCCCC1)N1CCCC1. The standard InChI is InChI=1S/C16H30N4O/c1-19(2)15(21)13-18-16(20-10-6-7-11-20)17-12-14-8-4-3-5-9-14/h14H,3-13H2,1-2H3,(H,17,18). The quantitative estimate of drug-likeness (QED) is 0.634. The summed E-state index contributed by atoms with van der Waals surface area (Å²) in [4.78, 5) is 20.2. The lowest BCUT2D eigenvalue weighted by Gasteiger charge is -2.26. The van der Waals surface area contributed by atoms with Crippen LogP contribution < -0.4 is 5.32 Å². The predicted molar refractivity (Wildman–Crippen MR) is 86.4 cm³/mol. The molecule has 2 rings (SSSR count). The zero-order valence-corrected chi connectivity index (χ0v) is 13.6. The Balaban J connectivity index is 1.88. The second kappa shape index (κ2) is 8.25. The summed E-state index contributed by atoms with van der Waals surface area (Å²) >= 11 is 0. The topological polar surface area (TPSA) is 47.9 Å². The van der Waals surface area contributed by atoms with E-state index in [0.29, 0.717) is 0 Å². The molecule has 1 saturated carbocycles. The molecule has 21 heavy (non-hydrogen) atoms. The van der Waals surface area contributed by atoms with E-state index in [1.807, 2.05) is 0 Å². The smallest absolute Gasteiger partial charge is 0.243 e. The van der Waals surface area contributed by atoms with Crippen LogP contribution in [-0.2, 0) is 4.79 Å². The fraction of sp³-hybridized carbons (Fsp3) is 0.875. The van der Waals surface area contributed by atoms with Crippen molar-refractivity contribution in [2.45, 2.75) is 44.9 Å². The molecule has 2 fully saturated rings. The third kappa shape index (κ3) is 5.21. The van der Waals surface area contributed by atoms with Crippen molar-refractivity contribution in [3.05, 3.63) is 0 Å². The van der Waals surface area contributed by atoms with Gasteiger partial charge in [-0.05, 0) is 31.6 Å². The maximum absolute atomic E-state index is 11.7. The van der Waals surface area contributed by atoms with Gasteiger partial charge >= 0.3 is 0 Å². The Morgan fingerprint density at radius 1 is 1.14 bits per heavy atom. The number of hydrogen-bond donors (Lipinski definition) is 1. The fourth-order valence-electron chi connectivity index (χ4n) is 3.11. The second-order valence-corrected chi connectivity index (χ2v) is 6.51. The summed E-state index contributed by atoms with van der Waals surface area (Å²) in [6.45, 7) is 3.38. The molecule has 1 heterocycles. The van der Waals surface area contributed by atoms with E-state index in [9.17, 15) is 4.79 Å². The van der Waals surface area contributed by atoms with Crippen LogP contribution in [0.15, 0.2) is 4.99 Å². The molecule has 1 amide bonds. The molecular formula is C16H30N4O. The lowest BCUT2D eigenvalue weighted by atomic mass is 9.89. The van der Waals surface area contributed by atoms with Gasteiger partial charge in [0.25, 0.3) is 0 Å². The minimum atomic E-state index is 0.0613. The van der Waals surface area contributed by atoms with Crippen molar-refractivity contribution in [3.63, 3.8) is 0 Å². The van der Waals surface area contributed by atoms with Gasteiger partial charge in [-0.25, -0.2) is 4.99 Å². The van der Waals surface area contributed by atoms with Crippen molar-refractivity contribution in [1.29, 1.82) is 0 Å². The Bertz CT molecular complexity index is 355. The maximum Gasteiger partial charge on any atom is 0.243 e. The molecule has 0 radical (unpaired) electrons. The van der Waals surface area contributed by atoms with Crippen LogP contribution in [0.25, 0.3) is 0 Å². The summed E-state index contributed by atoms with van der Waals surface area (Å²) in [6, 6.07) is 0. The van der Waals surface area contributed by atoms with Crippen LogP contribution >= 0.6 is 0 Å². The van der Waals surface area contributed by atoms with Crippen molar-refractivity contribution in [2.75, 3.05) is 40.3 Å². The molecule has 5 nitrogen and oxygen atoms in total. The van der Waals surface area contributed by atoms with Gasteiger partial charge in [-0.1, -0.05) is 19.3 Å². The Kier molecular flexibility index (Phi) is 6.33. The minimum absolute atomic E-state index is 0.0613. The molecule has 0 atom stereocenters. The summed E-state index contributed by atoms with van der Waals surface area (Å²) in [7, 11) is 3.56. The van der Waals surface area contributed by atoms with Crippen molar-refractivity contribution < 1.29 is 4.79 Å². The number of nitrogens with zero attached hydrogens (tertiary/aromatic N) is 3. The highest BCUT2D eigenvalue weighted by Crippen LogP contribution is 2.22. The number of amides is 1. The lowest BCUT2D eigenvalue weighted by Crippen LogP contribution is -2.42. The molecule has 0 unspecified atom stereocenters.